The molecule has 0 aromatic heterocycles. The highest BCUT2D eigenvalue weighted by molar-refractivity contribution is 5.71. The van der Waals surface area contributed by atoms with Gasteiger partial charge in [0.1, 0.15) is 13.2 Å². The minimum Gasteiger partial charge on any atom is -0.462 e. The molecule has 1 atom stereocenters. The highest BCUT2D eigenvalue weighted by Gasteiger charge is 2.19. The zero-order valence-corrected chi connectivity index (χ0v) is 50.4. The van der Waals surface area contributed by atoms with Gasteiger partial charge in [0, 0.05) is 19.3 Å². The molecule has 0 heterocycles. The standard InChI is InChI=1S/C71H120O6/c1-4-7-10-13-16-19-22-25-28-30-32-33-34-35-36-37-39-40-43-46-49-52-55-58-61-64-70(73)76-67-68(66-75-69(72)63-60-57-54-51-48-45-42-27-24-21-18-15-12-9-6-3)77-71(74)65-62-59-56-53-50-47-44-41-38-31-29-26-23-20-17-14-11-8-5-2/h7,10,16-17,19-20,25-26,28-29,32-33,35-36,38-41,68H,4-6,8-9,11-15,18,21-24,27,30-31,34,37,42-67H2,1-3H3/b10-7-,19-16-,20-17-,28-25-,29-26-,33-32-,36-35-,40-39-,41-38-. The first kappa shape index (κ1) is 73.1. The molecule has 0 bridgehead atoms. The van der Waals surface area contributed by atoms with Gasteiger partial charge in [0.2, 0.25) is 0 Å². The SMILES string of the molecule is CC/C=C\C/C=C\C/C=C\C/C=C\C/C=C\C/C=C\CCCCCCCCC(=O)OCC(COC(=O)CCCCCCCCCCCCCCCCC)OC(=O)CCCCCCCC/C=C\C/C=C\C/C=C\CCCCC. The lowest BCUT2D eigenvalue weighted by Gasteiger charge is -2.18. The molecule has 0 amide bonds. The lowest BCUT2D eigenvalue weighted by atomic mass is 10.0. The van der Waals surface area contributed by atoms with Crippen molar-refractivity contribution in [1.29, 1.82) is 0 Å². The van der Waals surface area contributed by atoms with Crippen molar-refractivity contribution in [2.24, 2.45) is 0 Å². The molecule has 6 nitrogen and oxygen atoms in total. The van der Waals surface area contributed by atoms with Crippen LogP contribution in [0.2, 0.25) is 0 Å². The second-order valence-electron chi connectivity index (χ2n) is 21.3. The first-order valence-corrected chi connectivity index (χ1v) is 32.4. The molecule has 0 N–H and O–H groups in total. The third-order valence-electron chi connectivity index (χ3n) is 13.8. The Morgan fingerprint density at radius 2 is 0.506 bits per heavy atom. The summed E-state index contributed by atoms with van der Waals surface area (Å²) in [6, 6.07) is 0. The topological polar surface area (TPSA) is 78.9 Å². The van der Waals surface area contributed by atoms with Crippen LogP contribution in [0.5, 0.6) is 0 Å². The van der Waals surface area contributed by atoms with Gasteiger partial charge in [-0.2, -0.15) is 0 Å². The molecule has 0 aromatic carbocycles. The molecule has 77 heavy (non-hydrogen) atoms. The molecule has 0 spiro atoms. The zero-order valence-electron chi connectivity index (χ0n) is 50.4. The maximum absolute atomic E-state index is 12.9. The Morgan fingerprint density at radius 1 is 0.273 bits per heavy atom. The molecule has 0 saturated heterocycles. The molecule has 0 aliphatic carbocycles. The molecule has 6 heteroatoms. The number of carbonyl (C=O) groups excluding carboxylic acids is 3. The van der Waals surface area contributed by atoms with Crippen LogP contribution in [0.3, 0.4) is 0 Å². The summed E-state index contributed by atoms with van der Waals surface area (Å²) in [6.07, 6.45) is 88.0. The third-order valence-corrected chi connectivity index (χ3v) is 13.8. The van der Waals surface area contributed by atoms with Crippen LogP contribution in [0.25, 0.3) is 0 Å². The Balaban J connectivity index is 4.42. The minimum atomic E-state index is -0.793. The fraction of sp³-hybridized carbons (Fsp3) is 0.704. The summed E-state index contributed by atoms with van der Waals surface area (Å²) >= 11 is 0. The van der Waals surface area contributed by atoms with E-state index in [1.54, 1.807) is 0 Å². The molecule has 0 rings (SSSR count). The van der Waals surface area contributed by atoms with Crippen molar-refractivity contribution in [3.05, 3.63) is 109 Å². The Labute approximate surface area is 476 Å². The summed E-state index contributed by atoms with van der Waals surface area (Å²) in [5.74, 6) is -0.905. The van der Waals surface area contributed by atoms with E-state index in [1.165, 1.54) is 128 Å². The van der Waals surface area contributed by atoms with Crippen molar-refractivity contribution < 1.29 is 28.6 Å². The molecule has 0 fully saturated rings. The van der Waals surface area contributed by atoms with Crippen molar-refractivity contribution in [2.75, 3.05) is 13.2 Å². The molecule has 440 valence electrons. The van der Waals surface area contributed by atoms with Crippen LogP contribution in [0.1, 0.15) is 303 Å². The lowest BCUT2D eigenvalue weighted by Crippen LogP contribution is -2.30. The lowest BCUT2D eigenvalue weighted by molar-refractivity contribution is -0.167. The number of hydrogen-bond donors (Lipinski definition) is 0. The molecular weight excluding hydrogens is 949 g/mol. The third kappa shape index (κ3) is 62.8. The number of unbranched alkanes of at least 4 members (excludes halogenated alkanes) is 29. The summed E-state index contributed by atoms with van der Waals surface area (Å²) in [5, 5.41) is 0. The number of ether oxygens (including phenoxy) is 3. The molecule has 1 unspecified atom stereocenters. The van der Waals surface area contributed by atoms with E-state index in [2.05, 4.69) is 130 Å². The highest BCUT2D eigenvalue weighted by Crippen LogP contribution is 2.16. The van der Waals surface area contributed by atoms with Crippen LogP contribution >= 0.6 is 0 Å². The van der Waals surface area contributed by atoms with E-state index in [1.807, 2.05) is 0 Å². The Morgan fingerprint density at radius 3 is 0.818 bits per heavy atom. The van der Waals surface area contributed by atoms with E-state index in [9.17, 15) is 14.4 Å². The summed E-state index contributed by atoms with van der Waals surface area (Å²) < 4.78 is 16.9. The van der Waals surface area contributed by atoms with E-state index >= 15 is 0 Å². The van der Waals surface area contributed by atoms with E-state index in [-0.39, 0.29) is 31.1 Å². The number of hydrogen-bond acceptors (Lipinski definition) is 6. The van der Waals surface area contributed by atoms with Gasteiger partial charge in [0.05, 0.1) is 0 Å². The van der Waals surface area contributed by atoms with Crippen LogP contribution in [0, 0.1) is 0 Å². The average Bonchev–Trinajstić information content (AvgIpc) is 3.43. The van der Waals surface area contributed by atoms with Crippen LogP contribution in [-0.4, -0.2) is 37.2 Å². The van der Waals surface area contributed by atoms with Gasteiger partial charge in [-0.1, -0.05) is 284 Å². The largest absolute Gasteiger partial charge is 0.462 e. The van der Waals surface area contributed by atoms with Gasteiger partial charge in [0.15, 0.2) is 6.10 Å². The van der Waals surface area contributed by atoms with E-state index in [4.69, 9.17) is 14.2 Å². The molecular formula is C71H120O6. The Bertz CT molecular complexity index is 1560. The second kappa shape index (κ2) is 64.6. The normalized spacial score (nSPS) is 12.8. The Hall–Kier alpha value is -3.93. The number of carbonyl (C=O) groups is 3. The van der Waals surface area contributed by atoms with Crippen LogP contribution < -0.4 is 0 Å². The van der Waals surface area contributed by atoms with Gasteiger partial charge < -0.3 is 14.2 Å². The summed E-state index contributed by atoms with van der Waals surface area (Å²) in [4.78, 5) is 38.4. The second-order valence-corrected chi connectivity index (χ2v) is 21.3. The van der Waals surface area contributed by atoms with Gasteiger partial charge in [-0.15, -0.1) is 0 Å². The van der Waals surface area contributed by atoms with Gasteiger partial charge >= 0.3 is 17.9 Å². The summed E-state index contributed by atoms with van der Waals surface area (Å²) in [5.41, 5.74) is 0. The quantitative estimate of drug-likeness (QED) is 0.0261. The van der Waals surface area contributed by atoms with Crippen molar-refractivity contribution in [3.8, 4) is 0 Å². The minimum absolute atomic E-state index is 0.0869. The molecule has 0 aliphatic rings. The molecule has 0 aromatic rings. The zero-order chi connectivity index (χ0) is 55.7. The van der Waals surface area contributed by atoms with Crippen LogP contribution in [0.15, 0.2) is 109 Å². The predicted octanol–water partition coefficient (Wildman–Crippen LogP) is 22.2. The van der Waals surface area contributed by atoms with Gasteiger partial charge in [-0.3, -0.25) is 14.4 Å². The van der Waals surface area contributed by atoms with Gasteiger partial charge in [-0.25, -0.2) is 0 Å². The summed E-state index contributed by atoms with van der Waals surface area (Å²) in [7, 11) is 0. The number of rotatable bonds is 58. The maximum Gasteiger partial charge on any atom is 0.306 e. The molecule has 0 radical (unpaired) electrons. The monoisotopic (exact) mass is 1070 g/mol. The Kier molecular flexibility index (Phi) is 61.3. The van der Waals surface area contributed by atoms with Crippen molar-refractivity contribution >= 4 is 17.9 Å². The molecule has 0 saturated carbocycles. The van der Waals surface area contributed by atoms with Crippen LogP contribution in [-0.2, 0) is 28.6 Å². The van der Waals surface area contributed by atoms with E-state index in [0.717, 1.165) is 135 Å². The van der Waals surface area contributed by atoms with Crippen molar-refractivity contribution in [3.63, 3.8) is 0 Å². The fourth-order valence-corrected chi connectivity index (χ4v) is 8.92. The summed E-state index contributed by atoms with van der Waals surface area (Å²) in [6.45, 7) is 6.50. The first-order valence-electron chi connectivity index (χ1n) is 32.4. The van der Waals surface area contributed by atoms with E-state index in [0.29, 0.717) is 19.3 Å². The maximum atomic E-state index is 12.9. The van der Waals surface area contributed by atoms with Crippen molar-refractivity contribution in [2.45, 2.75) is 309 Å². The van der Waals surface area contributed by atoms with Crippen molar-refractivity contribution in [1.82, 2.24) is 0 Å². The number of esters is 3. The molecule has 0 aliphatic heterocycles. The van der Waals surface area contributed by atoms with Gasteiger partial charge in [0.25, 0.3) is 0 Å². The highest BCUT2D eigenvalue weighted by atomic mass is 16.6. The van der Waals surface area contributed by atoms with E-state index < -0.39 is 6.10 Å². The fourth-order valence-electron chi connectivity index (χ4n) is 8.92. The van der Waals surface area contributed by atoms with Crippen LogP contribution in [0.4, 0.5) is 0 Å². The smallest absolute Gasteiger partial charge is 0.306 e. The first-order chi connectivity index (χ1) is 38.0. The average molecular weight is 1070 g/mol. The number of allylic oxidation sites excluding steroid dienone is 18. The van der Waals surface area contributed by atoms with Gasteiger partial charge in [-0.05, 0) is 109 Å². The predicted molar refractivity (Wildman–Crippen MR) is 334 cm³/mol.